The zero-order valence-electron chi connectivity index (χ0n) is 10.5. The van der Waals surface area contributed by atoms with Crippen molar-refractivity contribution in [1.29, 1.82) is 0 Å². The van der Waals surface area contributed by atoms with E-state index in [0.29, 0.717) is 6.04 Å². The van der Waals surface area contributed by atoms with Gasteiger partial charge in [-0.3, -0.25) is 4.68 Å². The lowest BCUT2D eigenvalue weighted by molar-refractivity contribution is 0.381. The maximum Gasteiger partial charge on any atom is 0.0762 e. The molecule has 0 spiro atoms. The van der Waals surface area contributed by atoms with E-state index in [9.17, 15) is 0 Å². The largest absolute Gasteiger partial charge is 0.315 e. The van der Waals surface area contributed by atoms with Crippen molar-refractivity contribution in [2.45, 2.75) is 45.3 Å². The molecule has 90 valence electrons. The third-order valence-corrected chi connectivity index (χ3v) is 3.26. The van der Waals surface area contributed by atoms with E-state index in [-0.39, 0.29) is 5.54 Å². The molecular weight excluding hydrogens is 200 g/mol. The monoisotopic (exact) mass is 222 g/mol. The van der Waals surface area contributed by atoms with Crippen LogP contribution in [0.15, 0.2) is 12.3 Å². The van der Waals surface area contributed by atoms with Crippen LogP contribution in [0, 0.1) is 0 Å². The molecule has 0 amide bonds. The summed E-state index contributed by atoms with van der Waals surface area (Å²) in [4.78, 5) is 0. The van der Waals surface area contributed by atoms with Gasteiger partial charge < -0.3 is 10.6 Å². The summed E-state index contributed by atoms with van der Waals surface area (Å²) < 4.78 is 2.01. The normalized spacial score (nSPS) is 25.5. The molecule has 1 atom stereocenters. The van der Waals surface area contributed by atoms with Crippen LogP contribution in [0.5, 0.6) is 0 Å². The molecule has 0 bridgehead atoms. The van der Waals surface area contributed by atoms with Crippen molar-refractivity contribution in [2.24, 2.45) is 0 Å². The van der Waals surface area contributed by atoms with Crippen molar-refractivity contribution in [3.8, 4) is 0 Å². The fraction of sp³-hybridized carbons (Fsp3) is 0.750. The number of aromatic nitrogens is 2. The predicted molar refractivity (Wildman–Crippen MR) is 65.3 cm³/mol. The Morgan fingerprint density at radius 3 is 3.00 bits per heavy atom. The van der Waals surface area contributed by atoms with Gasteiger partial charge in [-0.1, -0.05) is 0 Å². The smallest absolute Gasteiger partial charge is 0.0762 e. The van der Waals surface area contributed by atoms with Crippen molar-refractivity contribution in [1.82, 2.24) is 20.4 Å². The molecule has 1 aromatic rings. The first-order chi connectivity index (χ1) is 7.59. The van der Waals surface area contributed by atoms with Gasteiger partial charge in [-0.2, -0.15) is 5.10 Å². The number of hydrogen-bond donors (Lipinski definition) is 2. The highest BCUT2D eigenvalue weighted by Crippen LogP contribution is 2.14. The molecule has 1 aromatic heterocycles. The highest BCUT2D eigenvalue weighted by atomic mass is 15.3. The molecule has 2 heterocycles. The number of rotatable bonds is 4. The van der Waals surface area contributed by atoms with Crippen LogP contribution in [-0.2, 0) is 6.54 Å². The van der Waals surface area contributed by atoms with Crippen LogP contribution >= 0.6 is 0 Å². The Hall–Kier alpha value is -0.870. The van der Waals surface area contributed by atoms with Crippen LogP contribution < -0.4 is 10.6 Å². The van der Waals surface area contributed by atoms with E-state index < -0.39 is 0 Å². The third kappa shape index (κ3) is 2.62. The van der Waals surface area contributed by atoms with Gasteiger partial charge in [0, 0.05) is 30.9 Å². The molecule has 1 fully saturated rings. The van der Waals surface area contributed by atoms with Gasteiger partial charge >= 0.3 is 0 Å². The summed E-state index contributed by atoms with van der Waals surface area (Å²) in [5.41, 5.74) is 1.36. The van der Waals surface area contributed by atoms with Crippen LogP contribution in [0.4, 0.5) is 0 Å². The maximum absolute atomic E-state index is 4.54. The first-order valence-electron chi connectivity index (χ1n) is 6.09. The van der Waals surface area contributed by atoms with E-state index in [1.807, 2.05) is 4.68 Å². The molecule has 1 saturated heterocycles. The molecule has 0 saturated carbocycles. The van der Waals surface area contributed by atoms with Crippen molar-refractivity contribution >= 4 is 0 Å². The van der Waals surface area contributed by atoms with Gasteiger partial charge in [-0.05, 0) is 39.8 Å². The summed E-state index contributed by atoms with van der Waals surface area (Å²) in [7, 11) is 0. The first kappa shape index (κ1) is 11.6. The number of nitrogens with zero attached hydrogens (tertiary/aromatic N) is 2. The number of nitrogens with one attached hydrogen (secondary N) is 2. The highest BCUT2D eigenvalue weighted by Gasteiger charge is 2.27. The summed E-state index contributed by atoms with van der Waals surface area (Å²) in [6.45, 7) is 9.59. The Labute approximate surface area is 97.4 Å². The topological polar surface area (TPSA) is 41.9 Å². The standard InChI is InChI=1S/C12H22N4/c1-10(2)16-7-4-11(15-16)8-14-12(3)5-6-13-9-12/h4,7,10,13-14H,5-6,8-9H2,1-3H3. The molecule has 0 radical (unpaired) electrons. The lowest BCUT2D eigenvalue weighted by Crippen LogP contribution is -2.43. The average Bonchev–Trinajstić information content (AvgIpc) is 2.84. The molecule has 0 aromatic carbocycles. The fourth-order valence-electron chi connectivity index (χ4n) is 2.03. The quantitative estimate of drug-likeness (QED) is 0.807. The van der Waals surface area contributed by atoms with Gasteiger partial charge in [-0.15, -0.1) is 0 Å². The molecular formula is C12H22N4. The zero-order valence-corrected chi connectivity index (χ0v) is 10.5. The Bertz CT molecular complexity index is 337. The summed E-state index contributed by atoms with van der Waals surface area (Å²) >= 11 is 0. The van der Waals surface area contributed by atoms with Crippen LogP contribution in [0.1, 0.15) is 38.9 Å². The van der Waals surface area contributed by atoms with Gasteiger partial charge in [0.05, 0.1) is 5.69 Å². The van der Waals surface area contributed by atoms with Gasteiger partial charge in [-0.25, -0.2) is 0 Å². The molecule has 2 N–H and O–H groups in total. The molecule has 4 nitrogen and oxygen atoms in total. The van der Waals surface area contributed by atoms with Crippen molar-refractivity contribution in [3.63, 3.8) is 0 Å². The van der Waals surface area contributed by atoms with Crippen LogP contribution in [0.2, 0.25) is 0 Å². The minimum absolute atomic E-state index is 0.238. The van der Waals surface area contributed by atoms with E-state index in [0.717, 1.165) is 25.3 Å². The second kappa shape index (κ2) is 4.55. The Balaban J connectivity index is 1.89. The van der Waals surface area contributed by atoms with E-state index in [4.69, 9.17) is 0 Å². The first-order valence-corrected chi connectivity index (χ1v) is 6.09. The van der Waals surface area contributed by atoms with Gasteiger partial charge in [0.25, 0.3) is 0 Å². The third-order valence-electron chi connectivity index (χ3n) is 3.26. The lowest BCUT2D eigenvalue weighted by Gasteiger charge is -2.23. The van der Waals surface area contributed by atoms with Crippen LogP contribution in [-0.4, -0.2) is 28.4 Å². The molecule has 4 heteroatoms. The van der Waals surface area contributed by atoms with Crippen molar-refractivity contribution in [2.75, 3.05) is 13.1 Å². The second-order valence-electron chi connectivity index (χ2n) is 5.22. The molecule has 1 aliphatic heterocycles. The molecule has 1 unspecified atom stereocenters. The van der Waals surface area contributed by atoms with Gasteiger partial charge in [0.15, 0.2) is 0 Å². The summed E-state index contributed by atoms with van der Waals surface area (Å²) in [5.74, 6) is 0. The van der Waals surface area contributed by atoms with Crippen LogP contribution in [0.25, 0.3) is 0 Å². The average molecular weight is 222 g/mol. The summed E-state index contributed by atoms with van der Waals surface area (Å²) in [6, 6.07) is 2.54. The summed E-state index contributed by atoms with van der Waals surface area (Å²) in [6.07, 6.45) is 3.24. The molecule has 0 aliphatic carbocycles. The minimum atomic E-state index is 0.238. The fourth-order valence-corrected chi connectivity index (χ4v) is 2.03. The Morgan fingerprint density at radius 2 is 2.44 bits per heavy atom. The highest BCUT2D eigenvalue weighted by molar-refractivity contribution is 5.01. The van der Waals surface area contributed by atoms with E-state index in [2.05, 4.69) is 48.8 Å². The van der Waals surface area contributed by atoms with Gasteiger partial charge in [0.1, 0.15) is 0 Å². The van der Waals surface area contributed by atoms with E-state index in [1.165, 1.54) is 6.42 Å². The van der Waals surface area contributed by atoms with E-state index >= 15 is 0 Å². The minimum Gasteiger partial charge on any atom is -0.315 e. The maximum atomic E-state index is 4.54. The lowest BCUT2D eigenvalue weighted by atomic mass is 10.0. The Kier molecular flexibility index (Phi) is 3.30. The van der Waals surface area contributed by atoms with Crippen molar-refractivity contribution < 1.29 is 0 Å². The second-order valence-corrected chi connectivity index (χ2v) is 5.22. The Morgan fingerprint density at radius 1 is 1.62 bits per heavy atom. The van der Waals surface area contributed by atoms with E-state index in [1.54, 1.807) is 0 Å². The molecule has 1 aliphatic rings. The zero-order chi connectivity index (χ0) is 11.6. The summed E-state index contributed by atoms with van der Waals surface area (Å²) in [5, 5.41) is 11.5. The van der Waals surface area contributed by atoms with Crippen molar-refractivity contribution in [3.05, 3.63) is 18.0 Å². The van der Waals surface area contributed by atoms with Gasteiger partial charge in [0.2, 0.25) is 0 Å². The number of hydrogen-bond acceptors (Lipinski definition) is 3. The predicted octanol–water partition coefficient (Wildman–Crippen LogP) is 1.31. The molecule has 2 rings (SSSR count). The van der Waals surface area contributed by atoms with Crippen LogP contribution in [0.3, 0.4) is 0 Å². The molecule has 16 heavy (non-hydrogen) atoms. The SMILES string of the molecule is CC(C)n1ccc(CNC2(C)CCNC2)n1.